The van der Waals surface area contributed by atoms with Crippen LogP contribution in [0, 0.1) is 0 Å². The van der Waals surface area contributed by atoms with Gasteiger partial charge in [0.2, 0.25) is 0 Å². The lowest BCUT2D eigenvalue weighted by atomic mass is 9.93. The number of hydrogen-bond acceptors (Lipinski definition) is 3. The van der Waals surface area contributed by atoms with E-state index in [2.05, 4.69) is 0 Å². The van der Waals surface area contributed by atoms with Gasteiger partial charge in [0.15, 0.2) is 0 Å². The molecule has 0 aliphatic heterocycles. The number of hydrogen-bond donors (Lipinski definition) is 1. The summed E-state index contributed by atoms with van der Waals surface area (Å²) in [7, 11) is 3.13. The molecule has 0 aromatic heterocycles. The van der Waals surface area contributed by atoms with Crippen LogP contribution >= 0.6 is 0 Å². The van der Waals surface area contributed by atoms with Gasteiger partial charge in [-0.25, -0.2) is 0 Å². The summed E-state index contributed by atoms with van der Waals surface area (Å²) in [4.78, 5) is 11.3. The smallest absolute Gasteiger partial charge is 0.310 e. The molecular weight excluding hydrogens is 244 g/mol. The number of rotatable bonds is 4. The van der Waals surface area contributed by atoms with Gasteiger partial charge >= 0.3 is 5.97 Å². The van der Waals surface area contributed by atoms with Crippen molar-refractivity contribution in [2.45, 2.75) is 12.8 Å². The highest BCUT2D eigenvalue weighted by molar-refractivity contribution is 5.93. The van der Waals surface area contributed by atoms with Crippen molar-refractivity contribution in [3.63, 3.8) is 0 Å². The third kappa shape index (κ3) is 2.34. The molecule has 0 heterocycles. The molecule has 0 bridgehead atoms. The highest BCUT2D eigenvalue weighted by Gasteiger charge is 2.21. The number of benzene rings is 2. The van der Waals surface area contributed by atoms with Crippen molar-refractivity contribution in [2.24, 2.45) is 0 Å². The zero-order valence-corrected chi connectivity index (χ0v) is 11.1. The van der Waals surface area contributed by atoms with E-state index < -0.39 is 11.9 Å². The second kappa shape index (κ2) is 5.18. The van der Waals surface area contributed by atoms with Crippen molar-refractivity contribution in [1.82, 2.24) is 0 Å². The van der Waals surface area contributed by atoms with Crippen LogP contribution in [0.5, 0.6) is 11.5 Å². The zero-order chi connectivity index (χ0) is 14.0. The maximum absolute atomic E-state index is 11.3. The Balaban J connectivity index is 2.77. The first-order chi connectivity index (χ1) is 9.08. The van der Waals surface area contributed by atoms with Crippen LogP contribution < -0.4 is 9.47 Å². The van der Waals surface area contributed by atoms with Crippen LogP contribution in [-0.2, 0) is 4.79 Å². The number of carboxylic acid groups (broad SMARTS) is 1. The van der Waals surface area contributed by atoms with Gasteiger partial charge in [0, 0.05) is 5.56 Å². The molecule has 0 radical (unpaired) electrons. The minimum atomic E-state index is -0.881. The van der Waals surface area contributed by atoms with Crippen molar-refractivity contribution in [1.29, 1.82) is 0 Å². The lowest BCUT2D eigenvalue weighted by molar-refractivity contribution is -0.138. The standard InChI is InChI=1S/C15H16O4/c1-9(15(16)17)14-12-8-11(18-2)6-4-10(12)5-7-13(14)19-3/h4-9H,1-3H3,(H,16,17). The minimum Gasteiger partial charge on any atom is -0.497 e. The second-order valence-electron chi connectivity index (χ2n) is 4.33. The van der Waals surface area contributed by atoms with Crippen molar-refractivity contribution < 1.29 is 19.4 Å². The molecule has 2 rings (SSSR count). The molecule has 1 unspecified atom stereocenters. The molecule has 0 aliphatic carbocycles. The largest absolute Gasteiger partial charge is 0.497 e. The lowest BCUT2D eigenvalue weighted by Gasteiger charge is -2.16. The Hall–Kier alpha value is -2.23. The average molecular weight is 260 g/mol. The summed E-state index contributed by atoms with van der Waals surface area (Å²) in [6, 6.07) is 9.30. The Morgan fingerprint density at radius 3 is 2.42 bits per heavy atom. The summed E-state index contributed by atoms with van der Waals surface area (Å²) in [6.07, 6.45) is 0. The fraction of sp³-hybridized carbons (Fsp3) is 0.267. The van der Waals surface area contributed by atoms with E-state index in [0.717, 1.165) is 10.8 Å². The summed E-state index contributed by atoms with van der Waals surface area (Å²) in [5, 5.41) is 11.1. The molecule has 0 fully saturated rings. The van der Waals surface area contributed by atoms with Gasteiger partial charge < -0.3 is 14.6 Å². The van der Waals surface area contributed by atoms with Crippen LogP contribution in [-0.4, -0.2) is 25.3 Å². The van der Waals surface area contributed by atoms with E-state index in [1.165, 1.54) is 0 Å². The van der Waals surface area contributed by atoms with E-state index >= 15 is 0 Å². The molecular formula is C15H16O4. The monoisotopic (exact) mass is 260 g/mol. The fourth-order valence-electron chi connectivity index (χ4n) is 2.18. The second-order valence-corrected chi connectivity index (χ2v) is 4.33. The number of ether oxygens (including phenoxy) is 2. The SMILES string of the molecule is COc1ccc2ccc(OC)c(C(C)C(=O)O)c2c1. The minimum absolute atomic E-state index is 0.579. The van der Waals surface area contributed by atoms with Gasteiger partial charge in [-0.05, 0) is 35.9 Å². The van der Waals surface area contributed by atoms with E-state index in [9.17, 15) is 9.90 Å². The zero-order valence-electron chi connectivity index (χ0n) is 11.1. The van der Waals surface area contributed by atoms with Crippen molar-refractivity contribution in [2.75, 3.05) is 14.2 Å². The highest BCUT2D eigenvalue weighted by Crippen LogP contribution is 2.35. The predicted molar refractivity (Wildman–Crippen MR) is 73.1 cm³/mol. The summed E-state index contributed by atoms with van der Waals surface area (Å²) in [5.41, 5.74) is 0.673. The first-order valence-corrected chi connectivity index (χ1v) is 5.96. The van der Waals surface area contributed by atoms with Crippen LogP contribution in [0.4, 0.5) is 0 Å². The van der Waals surface area contributed by atoms with Gasteiger partial charge in [-0.2, -0.15) is 0 Å². The van der Waals surface area contributed by atoms with Gasteiger partial charge in [0.05, 0.1) is 20.1 Å². The number of aliphatic carboxylic acids is 1. The van der Waals surface area contributed by atoms with Crippen LogP contribution in [0.15, 0.2) is 30.3 Å². The van der Waals surface area contributed by atoms with Gasteiger partial charge in [0.1, 0.15) is 11.5 Å². The van der Waals surface area contributed by atoms with Gasteiger partial charge in [-0.15, -0.1) is 0 Å². The van der Waals surface area contributed by atoms with E-state index in [0.29, 0.717) is 17.1 Å². The first kappa shape index (κ1) is 13.2. The van der Waals surface area contributed by atoms with Crippen LogP contribution in [0.2, 0.25) is 0 Å². The topological polar surface area (TPSA) is 55.8 Å². The third-order valence-corrected chi connectivity index (χ3v) is 3.25. The Kier molecular flexibility index (Phi) is 3.60. The van der Waals surface area contributed by atoms with E-state index in [1.807, 2.05) is 24.3 Å². The third-order valence-electron chi connectivity index (χ3n) is 3.25. The van der Waals surface area contributed by atoms with Crippen molar-refractivity contribution >= 4 is 16.7 Å². The normalized spacial score (nSPS) is 12.2. The van der Waals surface area contributed by atoms with Crippen LogP contribution in [0.25, 0.3) is 10.8 Å². The number of carboxylic acids is 1. The molecule has 4 nitrogen and oxygen atoms in total. The summed E-state index contributed by atoms with van der Waals surface area (Å²) >= 11 is 0. The van der Waals surface area contributed by atoms with Crippen LogP contribution in [0.1, 0.15) is 18.4 Å². The summed E-state index contributed by atoms with van der Waals surface area (Å²) < 4.78 is 10.5. The summed E-state index contributed by atoms with van der Waals surface area (Å²) in [6.45, 7) is 1.65. The molecule has 0 amide bonds. The number of carbonyl (C=O) groups is 1. The number of methoxy groups -OCH3 is 2. The van der Waals surface area contributed by atoms with E-state index in [4.69, 9.17) is 9.47 Å². The maximum Gasteiger partial charge on any atom is 0.310 e. The molecule has 4 heteroatoms. The van der Waals surface area contributed by atoms with Crippen molar-refractivity contribution in [3.8, 4) is 11.5 Å². The number of fused-ring (bicyclic) bond motifs is 1. The van der Waals surface area contributed by atoms with Gasteiger partial charge in [0.25, 0.3) is 0 Å². The highest BCUT2D eigenvalue weighted by atomic mass is 16.5. The first-order valence-electron chi connectivity index (χ1n) is 5.96. The summed E-state index contributed by atoms with van der Waals surface area (Å²) in [5.74, 6) is -0.255. The molecule has 1 atom stereocenters. The van der Waals surface area contributed by atoms with Crippen molar-refractivity contribution in [3.05, 3.63) is 35.9 Å². The molecule has 2 aromatic rings. The quantitative estimate of drug-likeness (QED) is 0.918. The Bertz CT molecular complexity index is 614. The molecule has 0 saturated carbocycles. The molecule has 0 aliphatic rings. The van der Waals surface area contributed by atoms with Gasteiger partial charge in [-0.3, -0.25) is 4.79 Å². The Morgan fingerprint density at radius 1 is 1.16 bits per heavy atom. The Morgan fingerprint density at radius 2 is 1.84 bits per heavy atom. The molecule has 0 spiro atoms. The lowest BCUT2D eigenvalue weighted by Crippen LogP contribution is -2.09. The molecule has 1 N–H and O–H groups in total. The maximum atomic E-state index is 11.3. The molecule has 100 valence electrons. The van der Waals surface area contributed by atoms with E-state index in [1.54, 1.807) is 27.2 Å². The molecule has 0 saturated heterocycles. The van der Waals surface area contributed by atoms with E-state index in [-0.39, 0.29) is 0 Å². The fourth-order valence-corrected chi connectivity index (χ4v) is 2.18. The van der Waals surface area contributed by atoms with Crippen LogP contribution in [0.3, 0.4) is 0 Å². The van der Waals surface area contributed by atoms with Gasteiger partial charge in [-0.1, -0.05) is 12.1 Å². The predicted octanol–water partition coefficient (Wildman–Crippen LogP) is 3.05. The Labute approximate surface area is 111 Å². The molecule has 19 heavy (non-hydrogen) atoms. The molecule has 2 aromatic carbocycles. The average Bonchev–Trinajstić information content (AvgIpc) is 2.44.